The van der Waals surface area contributed by atoms with Crippen molar-refractivity contribution >= 4 is 11.6 Å². The molecular formula is C15H18ClNO2. The van der Waals surface area contributed by atoms with Crippen molar-refractivity contribution in [3.63, 3.8) is 0 Å². The molecular weight excluding hydrogens is 262 g/mol. The van der Waals surface area contributed by atoms with E-state index in [1.54, 1.807) is 7.11 Å². The Labute approximate surface area is 118 Å². The molecule has 0 spiro atoms. The first kappa shape index (κ1) is 14.0. The largest absolute Gasteiger partial charge is 0.495 e. The number of methoxy groups -OCH3 is 1. The summed E-state index contributed by atoms with van der Waals surface area (Å²) in [5, 5.41) is 4.02. The van der Waals surface area contributed by atoms with Gasteiger partial charge in [-0.3, -0.25) is 0 Å². The first-order chi connectivity index (χ1) is 9.15. The number of nitrogens with one attached hydrogen (secondary N) is 1. The number of hydrogen-bond donors (Lipinski definition) is 1. The van der Waals surface area contributed by atoms with Gasteiger partial charge in [0.1, 0.15) is 17.3 Å². The molecule has 102 valence electrons. The van der Waals surface area contributed by atoms with Gasteiger partial charge in [0, 0.05) is 0 Å². The summed E-state index contributed by atoms with van der Waals surface area (Å²) in [6, 6.07) is 9.72. The number of furan rings is 1. The Balaban J connectivity index is 2.38. The lowest BCUT2D eigenvalue weighted by atomic mass is 10.0. The lowest BCUT2D eigenvalue weighted by Crippen LogP contribution is -2.21. The predicted molar refractivity (Wildman–Crippen MR) is 77.0 cm³/mol. The van der Waals surface area contributed by atoms with Gasteiger partial charge < -0.3 is 14.5 Å². The maximum Gasteiger partial charge on any atom is 0.137 e. The van der Waals surface area contributed by atoms with Gasteiger partial charge in [0.25, 0.3) is 0 Å². The zero-order valence-electron chi connectivity index (χ0n) is 11.4. The number of hydrogen-bond acceptors (Lipinski definition) is 3. The highest BCUT2D eigenvalue weighted by Gasteiger charge is 2.17. The molecule has 1 N–H and O–H groups in total. The van der Waals surface area contributed by atoms with Gasteiger partial charge in [-0.05, 0) is 43.3 Å². The summed E-state index contributed by atoms with van der Waals surface area (Å²) >= 11 is 6.06. The fourth-order valence-electron chi connectivity index (χ4n) is 2.05. The van der Waals surface area contributed by atoms with Gasteiger partial charge >= 0.3 is 0 Å². The Hall–Kier alpha value is -1.45. The normalized spacial score (nSPS) is 12.4. The minimum Gasteiger partial charge on any atom is -0.495 e. The fraction of sp³-hybridized carbons (Fsp3) is 0.333. The summed E-state index contributed by atoms with van der Waals surface area (Å²) in [5.74, 6) is 2.47. The number of benzene rings is 1. The van der Waals surface area contributed by atoms with E-state index < -0.39 is 0 Å². The van der Waals surface area contributed by atoms with Crippen molar-refractivity contribution < 1.29 is 9.15 Å². The third kappa shape index (κ3) is 3.11. The zero-order valence-corrected chi connectivity index (χ0v) is 12.1. The molecule has 2 rings (SSSR count). The monoisotopic (exact) mass is 279 g/mol. The van der Waals surface area contributed by atoms with E-state index in [2.05, 4.69) is 12.2 Å². The molecule has 0 aliphatic rings. The minimum atomic E-state index is 0.00451. The minimum absolute atomic E-state index is 0.00451. The second-order valence-corrected chi connectivity index (χ2v) is 4.74. The molecule has 1 atom stereocenters. The predicted octanol–water partition coefficient (Wildman–Crippen LogP) is 3.95. The Bertz CT molecular complexity index is 551. The molecule has 1 aromatic heterocycles. The van der Waals surface area contributed by atoms with Crippen LogP contribution in [0.15, 0.2) is 34.7 Å². The van der Waals surface area contributed by atoms with Gasteiger partial charge in [0.15, 0.2) is 0 Å². The van der Waals surface area contributed by atoms with E-state index in [1.165, 1.54) is 0 Å². The molecule has 0 saturated carbocycles. The second-order valence-electron chi connectivity index (χ2n) is 4.33. The molecule has 0 amide bonds. The average Bonchev–Trinajstić information content (AvgIpc) is 2.83. The zero-order chi connectivity index (χ0) is 13.8. The summed E-state index contributed by atoms with van der Waals surface area (Å²) < 4.78 is 11.0. The molecule has 0 aliphatic carbocycles. The molecule has 0 bridgehead atoms. The van der Waals surface area contributed by atoms with E-state index in [1.807, 2.05) is 37.3 Å². The molecule has 19 heavy (non-hydrogen) atoms. The molecule has 3 nitrogen and oxygen atoms in total. The van der Waals surface area contributed by atoms with Crippen LogP contribution in [0.5, 0.6) is 5.75 Å². The van der Waals surface area contributed by atoms with E-state index in [4.69, 9.17) is 20.8 Å². The molecule has 2 aromatic rings. The van der Waals surface area contributed by atoms with Crippen LogP contribution < -0.4 is 10.1 Å². The molecule has 1 heterocycles. The van der Waals surface area contributed by atoms with Crippen LogP contribution in [0.25, 0.3) is 0 Å². The van der Waals surface area contributed by atoms with Gasteiger partial charge in [-0.1, -0.05) is 24.6 Å². The van der Waals surface area contributed by atoms with E-state index in [0.717, 1.165) is 23.6 Å². The van der Waals surface area contributed by atoms with Crippen molar-refractivity contribution in [2.75, 3.05) is 13.7 Å². The second kappa shape index (κ2) is 6.13. The van der Waals surface area contributed by atoms with Crippen molar-refractivity contribution in [2.45, 2.75) is 19.9 Å². The maximum absolute atomic E-state index is 6.06. The molecule has 1 aromatic carbocycles. The summed E-state index contributed by atoms with van der Waals surface area (Å²) in [6.07, 6.45) is 0. The lowest BCUT2D eigenvalue weighted by Gasteiger charge is -2.17. The summed E-state index contributed by atoms with van der Waals surface area (Å²) in [5.41, 5.74) is 1.07. The Morgan fingerprint density at radius 1 is 1.32 bits per heavy atom. The van der Waals surface area contributed by atoms with Gasteiger partial charge in [-0.15, -0.1) is 0 Å². The summed E-state index contributed by atoms with van der Waals surface area (Å²) in [7, 11) is 1.62. The van der Waals surface area contributed by atoms with Crippen molar-refractivity contribution in [1.82, 2.24) is 5.32 Å². The molecule has 4 heteroatoms. The highest BCUT2D eigenvalue weighted by molar-refractivity contribution is 6.32. The molecule has 0 aliphatic heterocycles. The van der Waals surface area contributed by atoms with Gasteiger partial charge in [-0.25, -0.2) is 0 Å². The highest BCUT2D eigenvalue weighted by Crippen LogP contribution is 2.31. The van der Waals surface area contributed by atoms with Crippen LogP contribution in [0.4, 0.5) is 0 Å². The maximum atomic E-state index is 6.06. The lowest BCUT2D eigenvalue weighted by molar-refractivity contribution is 0.410. The quantitative estimate of drug-likeness (QED) is 0.900. The van der Waals surface area contributed by atoms with E-state index in [0.29, 0.717) is 10.8 Å². The number of halogens is 1. The van der Waals surface area contributed by atoms with Crippen molar-refractivity contribution in [3.8, 4) is 5.75 Å². The Morgan fingerprint density at radius 2 is 2.11 bits per heavy atom. The van der Waals surface area contributed by atoms with Crippen LogP contribution in [0, 0.1) is 6.92 Å². The standard InChI is InChI=1S/C15H18ClNO2/c1-4-17-15(13-8-5-10(2)19-13)11-6-7-12(16)14(9-11)18-3/h5-9,15,17H,4H2,1-3H3. The van der Waals surface area contributed by atoms with Crippen LogP contribution in [-0.4, -0.2) is 13.7 Å². The van der Waals surface area contributed by atoms with Crippen LogP contribution in [0.2, 0.25) is 5.02 Å². The SMILES string of the molecule is CCNC(c1ccc(Cl)c(OC)c1)c1ccc(C)o1. The fourth-order valence-corrected chi connectivity index (χ4v) is 2.25. The molecule has 1 unspecified atom stereocenters. The van der Waals surface area contributed by atoms with Crippen LogP contribution in [0.1, 0.15) is 30.0 Å². The van der Waals surface area contributed by atoms with Gasteiger partial charge in [0.05, 0.1) is 18.2 Å². The number of ether oxygens (including phenoxy) is 1. The van der Waals surface area contributed by atoms with Crippen molar-refractivity contribution in [3.05, 3.63) is 52.4 Å². The van der Waals surface area contributed by atoms with Crippen LogP contribution in [0.3, 0.4) is 0 Å². The van der Waals surface area contributed by atoms with Crippen LogP contribution >= 0.6 is 11.6 Å². The molecule has 0 radical (unpaired) electrons. The third-order valence-corrected chi connectivity index (χ3v) is 3.27. The smallest absolute Gasteiger partial charge is 0.137 e. The highest BCUT2D eigenvalue weighted by atomic mass is 35.5. The Morgan fingerprint density at radius 3 is 2.68 bits per heavy atom. The van der Waals surface area contributed by atoms with Gasteiger partial charge in [-0.2, -0.15) is 0 Å². The van der Waals surface area contributed by atoms with E-state index in [9.17, 15) is 0 Å². The topological polar surface area (TPSA) is 34.4 Å². The van der Waals surface area contributed by atoms with Gasteiger partial charge in [0.2, 0.25) is 0 Å². The number of aryl methyl sites for hydroxylation is 1. The van der Waals surface area contributed by atoms with Crippen molar-refractivity contribution in [2.24, 2.45) is 0 Å². The van der Waals surface area contributed by atoms with Crippen molar-refractivity contribution in [1.29, 1.82) is 0 Å². The first-order valence-corrected chi connectivity index (χ1v) is 6.66. The summed E-state index contributed by atoms with van der Waals surface area (Å²) in [6.45, 7) is 4.85. The van der Waals surface area contributed by atoms with Crippen LogP contribution in [-0.2, 0) is 0 Å². The molecule has 0 fully saturated rings. The molecule has 0 saturated heterocycles. The Kier molecular flexibility index (Phi) is 4.51. The summed E-state index contributed by atoms with van der Waals surface area (Å²) in [4.78, 5) is 0. The number of rotatable bonds is 5. The van der Waals surface area contributed by atoms with E-state index in [-0.39, 0.29) is 6.04 Å². The first-order valence-electron chi connectivity index (χ1n) is 6.29. The third-order valence-electron chi connectivity index (χ3n) is 2.96. The average molecular weight is 280 g/mol. The van der Waals surface area contributed by atoms with E-state index >= 15 is 0 Å².